The van der Waals surface area contributed by atoms with E-state index in [1.165, 1.54) is 13.8 Å². The summed E-state index contributed by atoms with van der Waals surface area (Å²) in [4.78, 5) is 1.63. The Labute approximate surface area is 131 Å². The number of nitrogens with one attached hydrogen (secondary N) is 1. The molecule has 0 aliphatic carbocycles. The summed E-state index contributed by atoms with van der Waals surface area (Å²) in [6.45, 7) is 4.36. The second-order valence-corrected chi connectivity index (χ2v) is 6.32. The maximum absolute atomic E-state index is 14.2. The molecule has 3 nitrogen and oxygen atoms in total. The summed E-state index contributed by atoms with van der Waals surface area (Å²) in [6, 6.07) is -1.14. The van der Waals surface area contributed by atoms with Crippen LogP contribution < -0.4 is 5.32 Å². The van der Waals surface area contributed by atoms with Crippen LogP contribution in [0.3, 0.4) is 0 Å². The van der Waals surface area contributed by atoms with Gasteiger partial charge in [-0.15, -0.1) is 0 Å². The highest BCUT2D eigenvalue weighted by atomic mass is 19.2. The lowest BCUT2D eigenvalue weighted by molar-refractivity contribution is 0.0255. The lowest BCUT2D eigenvalue weighted by Crippen LogP contribution is -2.50. The van der Waals surface area contributed by atoms with Gasteiger partial charge in [-0.2, -0.15) is 0 Å². The first kappa shape index (κ1) is 18.1. The standard InChI is InChI=1S/C15H19F5N2O/c1-15(2,7-23)14(22-5-3-21-4-6-22)8-9(16)11(18)13(20)12(19)10(8)17/h14,21,23H,3-7H2,1-2H3/t14-/m1/s1. The Morgan fingerprint density at radius 3 is 1.83 bits per heavy atom. The number of halogens is 5. The molecule has 1 aromatic carbocycles. The Morgan fingerprint density at radius 1 is 0.957 bits per heavy atom. The number of hydrogen-bond acceptors (Lipinski definition) is 3. The largest absolute Gasteiger partial charge is 0.396 e. The van der Waals surface area contributed by atoms with Crippen LogP contribution in [0.15, 0.2) is 0 Å². The van der Waals surface area contributed by atoms with E-state index in [0.29, 0.717) is 26.2 Å². The van der Waals surface area contributed by atoms with Crippen LogP contribution in [-0.4, -0.2) is 42.8 Å². The van der Waals surface area contributed by atoms with Crippen molar-refractivity contribution in [1.82, 2.24) is 10.2 Å². The van der Waals surface area contributed by atoms with Gasteiger partial charge in [-0.1, -0.05) is 13.8 Å². The van der Waals surface area contributed by atoms with Gasteiger partial charge < -0.3 is 10.4 Å². The molecule has 1 aromatic rings. The minimum atomic E-state index is -2.18. The van der Waals surface area contributed by atoms with Crippen LogP contribution >= 0.6 is 0 Å². The first-order valence-electron chi connectivity index (χ1n) is 7.29. The molecule has 1 aliphatic rings. The molecule has 0 bridgehead atoms. The number of aliphatic hydroxyl groups excluding tert-OH is 1. The van der Waals surface area contributed by atoms with Crippen LogP contribution in [0.2, 0.25) is 0 Å². The number of nitrogens with zero attached hydrogens (tertiary/aromatic N) is 1. The lowest BCUT2D eigenvalue weighted by Gasteiger charge is -2.43. The van der Waals surface area contributed by atoms with E-state index in [9.17, 15) is 27.1 Å². The predicted molar refractivity (Wildman–Crippen MR) is 74.3 cm³/mol. The first-order chi connectivity index (χ1) is 10.7. The van der Waals surface area contributed by atoms with Crippen molar-refractivity contribution in [3.05, 3.63) is 34.6 Å². The van der Waals surface area contributed by atoms with Crippen molar-refractivity contribution in [2.24, 2.45) is 5.41 Å². The molecule has 0 aromatic heterocycles. The van der Waals surface area contributed by atoms with Gasteiger partial charge in [0.15, 0.2) is 23.3 Å². The molecule has 1 fully saturated rings. The van der Waals surface area contributed by atoms with E-state index in [1.54, 1.807) is 4.90 Å². The van der Waals surface area contributed by atoms with Crippen molar-refractivity contribution >= 4 is 0 Å². The number of piperazine rings is 1. The summed E-state index contributed by atoms with van der Waals surface area (Å²) < 4.78 is 68.9. The SMILES string of the molecule is CC(C)(CO)[C@@H](c1c(F)c(F)c(F)c(F)c1F)N1CCNCC1. The molecule has 2 rings (SSSR count). The highest BCUT2D eigenvalue weighted by Gasteiger charge is 2.41. The van der Waals surface area contributed by atoms with Gasteiger partial charge in [0.1, 0.15) is 0 Å². The highest BCUT2D eigenvalue weighted by Crippen LogP contribution is 2.42. The van der Waals surface area contributed by atoms with Crippen molar-refractivity contribution in [2.75, 3.05) is 32.8 Å². The van der Waals surface area contributed by atoms with Gasteiger partial charge >= 0.3 is 0 Å². The second kappa shape index (κ2) is 6.70. The van der Waals surface area contributed by atoms with E-state index >= 15 is 0 Å². The second-order valence-electron chi connectivity index (χ2n) is 6.32. The Hall–Kier alpha value is -1.25. The Balaban J connectivity index is 2.65. The summed E-state index contributed by atoms with van der Waals surface area (Å²) in [5, 5.41) is 12.6. The van der Waals surface area contributed by atoms with Crippen LogP contribution in [0.4, 0.5) is 22.0 Å². The Bertz CT molecular complexity index is 559. The zero-order valence-corrected chi connectivity index (χ0v) is 12.9. The van der Waals surface area contributed by atoms with Gasteiger partial charge in [0, 0.05) is 49.8 Å². The molecule has 130 valence electrons. The van der Waals surface area contributed by atoms with E-state index < -0.39 is 52.7 Å². The van der Waals surface area contributed by atoms with E-state index in [4.69, 9.17) is 0 Å². The monoisotopic (exact) mass is 338 g/mol. The number of rotatable bonds is 4. The van der Waals surface area contributed by atoms with Crippen LogP contribution in [0, 0.1) is 34.5 Å². The van der Waals surface area contributed by atoms with Crippen molar-refractivity contribution in [1.29, 1.82) is 0 Å². The number of benzene rings is 1. The number of hydrogen-bond donors (Lipinski definition) is 2. The lowest BCUT2D eigenvalue weighted by atomic mass is 9.79. The van der Waals surface area contributed by atoms with E-state index in [1.807, 2.05) is 0 Å². The third-order valence-electron chi connectivity index (χ3n) is 4.18. The van der Waals surface area contributed by atoms with Crippen molar-refractivity contribution in [3.63, 3.8) is 0 Å². The Morgan fingerprint density at radius 2 is 1.39 bits per heavy atom. The summed E-state index contributed by atoms with van der Waals surface area (Å²) >= 11 is 0. The molecule has 0 amide bonds. The maximum Gasteiger partial charge on any atom is 0.200 e. The van der Waals surface area contributed by atoms with Crippen LogP contribution in [-0.2, 0) is 0 Å². The molecule has 0 saturated carbocycles. The summed E-state index contributed by atoms with van der Waals surface area (Å²) in [5.41, 5.74) is -1.99. The third-order valence-corrected chi connectivity index (χ3v) is 4.18. The highest BCUT2D eigenvalue weighted by molar-refractivity contribution is 5.29. The fraction of sp³-hybridized carbons (Fsp3) is 0.600. The Kier molecular flexibility index (Phi) is 5.27. The van der Waals surface area contributed by atoms with Crippen LogP contribution in [0.1, 0.15) is 25.5 Å². The van der Waals surface area contributed by atoms with Gasteiger partial charge in [0.05, 0.1) is 0 Å². The minimum Gasteiger partial charge on any atom is -0.396 e. The minimum absolute atomic E-state index is 0.369. The zero-order valence-electron chi connectivity index (χ0n) is 12.9. The van der Waals surface area contributed by atoms with Crippen molar-refractivity contribution in [3.8, 4) is 0 Å². The van der Waals surface area contributed by atoms with Crippen LogP contribution in [0.25, 0.3) is 0 Å². The van der Waals surface area contributed by atoms with Gasteiger partial charge in [-0.05, 0) is 0 Å². The molecule has 1 aliphatic heterocycles. The molecular formula is C15H19F5N2O. The van der Waals surface area contributed by atoms with Gasteiger partial charge in [-0.25, -0.2) is 22.0 Å². The van der Waals surface area contributed by atoms with Crippen molar-refractivity contribution in [2.45, 2.75) is 19.9 Å². The summed E-state index contributed by atoms with van der Waals surface area (Å²) in [5.74, 6) is -9.79. The smallest absolute Gasteiger partial charge is 0.200 e. The quantitative estimate of drug-likeness (QED) is 0.503. The van der Waals surface area contributed by atoms with Gasteiger partial charge in [0.2, 0.25) is 5.82 Å². The summed E-state index contributed by atoms with van der Waals surface area (Å²) in [7, 11) is 0. The average Bonchev–Trinajstić information content (AvgIpc) is 2.55. The van der Waals surface area contributed by atoms with Gasteiger partial charge in [0.25, 0.3) is 0 Å². The third kappa shape index (κ3) is 3.20. The van der Waals surface area contributed by atoms with E-state index in [0.717, 1.165) is 0 Å². The number of aliphatic hydroxyl groups is 1. The molecular weight excluding hydrogens is 319 g/mol. The predicted octanol–water partition coefficient (Wildman–Crippen LogP) is 2.35. The van der Waals surface area contributed by atoms with E-state index in [2.05, 4.69) is 5.32 Å². The normalized spacial score (nSPS) is 18.3. The first-order valence-corrected chi connectivity index (χ1v) is 7.29. The molecule has 0 spiro atoms. The molecule has 0 radical (unpaired) electrons. The average molecular weight is 338 g/mol. The molecule has 8 heteroatoms. The van der Waals surface area contributed by atoms with Crippen molar-refractivity contribution < 1.29 is 27.1 Å². The molecule has 1 heterocycles. The summed E-state index contributed by atoms with van der Waals surface area (Å²) in [6.07, 6.45) is 0. The van der Waals surface area contributed by atoms with E-state index in [-0.39, 0.29) is 0 Å². The topological polar surface area (TPSA) is 35.5 Å². The van der Waals surface area contributed by atoms with Crippen LogP contribution in [0.5, 0.6) is 0 Å². The molecule has 1 atom stereocenters. The fourth-order valence-electron chi connectivity index (χ4n) is 2.96. The zero-order chi connectivity index (χ0) is 17.4. The molecule has 0 unspecified atom stereocenters. The fourth-order valence-corrected chi connectivity index (χ4v) is 2.96. The van der Waals surface area contributed by atoms with Gasteiger partial charge in [-0.3, -0.25) is 4.90 Å². The molecule has 23 heavy (non-hydrogen) atoms. The maximum atomic E-state index is 14.2. The molecule has 1 saturated heterocycles. The molecule has 2 N–H and O–H groups in total.